The molecule has 122 valence electrons. The molecule has 4 nitrogen and oxygen atoms in total. The third kappa shape index (κ3) is 3.31. The number of rotatable bonds is 6. The van der Waals surface area contributed by atoms with Gasteiger partial charge in [-0.1, -0.05) is 48.2 Å². The van der Waals surface area contributed by atoms with E-state index >= 15 is 0 Å². The average molecular weight is 337 g/mol. The maximum absolute atomic E-state index is 6.03. The summed E-state index contributed by atoms with van der Waals surface area (Å²) in [6, 6.07) is 18.0. The van der Waals surface area contributed by atoms with Gasteiger partial charge < -0.3 is 9.30 Å². The SMILES string of the molecule is Cn1c(SCc2ccccc2Oc2ccccc2)nnc1C1CC1. The third-order valence-corrected chi connectivity index (χ3v) is 5.18. The Kier molecular flexibility index (Phi) is 4.26. The smallest absolute Gasteiger partial charge is 0.191 e. The Morgan fingerprint density at radius 2 is 1.79 bits per heavy atom. The summed E-state index contributed by atoms with van der Waals surface area (Å²) in [7, 11) is 2.06. The van der Waals surface area contributed by atoms with Crippen LogP contribution in [0.5, 0.6) is 11.5 Å². The molecule has 1 aliphatic carbocycles. The Morgan fingerprint density at radius 3 is 2.58 bits per heavy atom. The van der Waals surface area contributed by atoms with E-state index in [0.717, 1.165) is 33.8 Å². The van der Waals surface area contributed by atoms with Gasteiger partial charge in [-0.2, -0.15) is 0 Å². The van der Waals surface area contributed by atoms with Gasteiger partial charge in [-0.25, -0.2) is 0 Å². The van der Waals surface area contributed by atoms with Crippen LogP contribution >= 0.6 is 11.8 Å². The maximum Gasteiger partial charge on any atom is 0.191 e. The number of thioether (sulfide) groups is 1. The van der Waals surface area contributed by atoms with Crippen LogP contribution in [0.25, 0.3) is 0 Å². The highest BCUT2D eigenvalue weighted by atomic mass is 32.2. The summed E-state index contributed by atoms with van der Waals surface area (Å²) in [4.78, 5) is 0. The molecule has 2 aromatic carbocycles. The van der Waals surface area contributed by atoms with Gasteiger partial charge in [0, 0.05) is 24.3 Å². The van der Waals surface area contributed by atoms with E-state index in [-0.39, 0.29) is 0 Å². The number of hydrogen-bond acceptors (Lipinski definition) is 4. The highest BCUT2D eigenvalue weighted by Crippen LogP contribution is 2.40. The first kappa shape index (κ1) is 15.3. The summed E-state index contributed by atoms with van der Waals surface area (Å²) in [6.45, 7) is 0. The van der Waals surface area contributed by atoms with Gasteiger partial charge in [0.05, 0.1) is 0 Å². The number of benzene rings is 2. The van der Waals surface area contributed by atoms with Crippen LogP contribution < -0.4 is 4.74 Å². The molecule has 0 aliphatic heterocycles. The van der Waals surface area contributed by atoms with Crippen LogP contribution in [0.4, 0.5) is 0 Å². The van der Waals surface area contributed by atoms with E-state index in [1.165, 1.54) is 12.8 Å². The van der Waals surface area contributed by atoms with Crippen LogP contribution in [0.15, 0.2) is 59.8 Å². The van der Waals surface area contributed by atoms with Crippen molar-refractivity contribution < 1.29 is 4.74 Å². The number of ether oxygens (including phenoxy) is 1. The van der Waals surface area contributed by atoms with E-state index in [0.29, 0.717) is 5.92 Å². The molecule has 0 saturated heterocycles. The molecule has 4 rings (SSSR count). The Morgan fingerprint density at radius 1 is 1.04 bits per heavy atom. The van der Waals surface area contributed by atoms with Gasteiger partial charge in [0.15, 0.2) is 5.16 Å². The predicted octanol–water partition coefficient (Wildman–Crippen LogP) is 4.78. The summed E-state index contributed by atoms with van der Waals surface area (Å²) in [5, 5.41) is 9.65. The van der Waals surface area contributed by atoms with Crippen molar-refractivity contribution in [1.82, 2.24) is 14.8 Å². The zero-order valence-corrected chi connectivity index (χ0v) is 14.4. The van der Waals surface area contributed by atoms with Gasteiger partial charge in [0.25, 0.3) is 0 Å². The molecule has 0 N–H and O–H groups in total. The maximum atomic E-state index is 6.03. The van der Waals surface area contributed by atoms with Gasteiger partial charge in [-0.05, 0) is 31.0 Å². The lowest BCUT2D eigenvalue weighted by Crippen LogP contribution is -1.97. The fourth-order valence-electron chi connectivity index (χ4n) is 2.63. The lowest BCUT2D eigenvalue weighted by molar-refractivity contribution is 0.478. The molecule has 1 fully saturated rings. The summed E-state index contributed by atoms with van der Waals surface area (Å²) in [5.74, 6) is 4.28. The zero-order chi connectivity index (χ0) is 16.4. The fourth-order valence-corrected chi connectivity index (χ4v) is 3.54. The molecule has 1 heterocycles. The molecule has 0 atom stereocenters. The van der Waals surface area contributed by atoms with Crippen molar-refractivity contribution in [2.45, 2.75) is 29.7 Å². The van der Waals surface area contributed by atoms with Crippen LogP contribution in [0.2, 0.25) is 0 Å². The van der Waals surface area contributed by atoms with E-state index in [2.05, 4.69) is 27.9 Å². The van der Waals surface area contributed by atoms with Crippen molar-refractivity contribution in [3.63, 3.8) is 0 Å². The molecule has 0 unspecified atom stereocenters. The second kappa shape index (κ2) is 6.69. The summed E-state index contributed by atoms with van der Waals surface area (Å²) >= 11 is 1.70. The van der Waals surface area contributed by atoms with Crippen LogP contribution in [0.3, 0.4) is 0 Å². The van der Waals surface area contributed by atoms with E-state index in [9.17, 15) is 0 Å². The highest BCUT2D eigenvalue weighted by molar-refractivity contribution is 7.98. The number of hydrogen-bond donors (Lipinski definition) is 0. The van der Waals surface area contributed by atoms with Crippen LogP contribution in [0, 0.1) is 0 Å². The van der Waals surface area contributed by atoms with E-state index < -0.39 is 0 Å². The second-order valence-electron chi connectivity index (χ2n) is 5.99. The monoisotopic (exact) mass is 337 g/mol. The van der Waals surface area contributed by atoms with E-state index in [1.54, 1.807) is 11.8 Å². The van der Waals surface area contributed by atoms with Crippen molar-refractivity contribution in [3.05, 3.63) is 66.0 Å². The minimum absolute atomic E-state index is 0.616. The molecular formula is C19H19N3OS. The molecule has 3 aromatic rings. The van der Waals surface area contributed by atoms with Gasteiger partial charge in [0.2, 0.25) is 0 Å². The Labute approximate surface area is 145 Å². The lowest BCUT2D eigenvalue weighted by atomic mass is 10.2. The first-order valence-corrected chi connectivity index (χ1v) is 9.13. The second-order valence-corrected chi connectivity index (χ2v) is 6.93. The first-order chi connectivity index (χ1) is 11.8. The van der Waals surface area contributed by atoms with Crippen LogP contribution in [-0.2, 0) is 12.8 Å². The number of para-hydroxylation sites is 2. The summed E-state index contributed by atoms with van der Waals surface area (Å²) in [5.41, 5.74) is 1.15. The lowest BCUT2D eigenvalue weighted by Gasteiger charge is -2.10. The molecule has 0 radical (unpaired) electrons. The number of nitrogens with zero attached hydrogens (tertiary/aromatic N) is 3. The Balaban J connectivity index is 1.48. The predicted molar refractivity (Wildman–Crippen MR) is 95.5 cm³/mol. The van der Waals surface area contributed by atoms with E-state index in [4.69, 9.17) is 4.74 Å². The topological polar surface area (TPSA) is 39.9 Å². The average Bonchev–Trinajstić information content (AvgIpc) is 3.39. The van der Waals surface area contributed by atoms with Crippen molar-refractivity contribution in [1.29, 1.82) is 0 Å². The molecule has 1 aliphatic rings. The summed E-state index contributed by atoms with van der Waals surface area (Å²) < 4.78 is 8.15. The molecule has 5 heteroatoms. The molecular weight excluding hydrogens is 318 g/mol. The number of aromatic nitrogens is 3. The van der Waals surface area contributed by atoms with Crippen molar-refractivity contribution in [2.24, 2.45) is 7.05 Å². The van der Waals surface area contributed by atoms with Gasteiger partial charge in [-0.15, -0.1) is 10.2 Å². The van der Waals surface area contributed by atoms with Crippen molar-refractivity contribution in [3.8, 4) is 11.5 Å². The standard InChI is InChI=1S/C19H19N3OS/c1-22-18(14-11-12-14)20-21-19(22)24-13-15-7-5-6-10-17(15)23-16-8-3-2-4-9-16/h2-10,14H,11-13H2,1H3. The quantitative estimate of drug-likeness (QED) is 0.607. The van der Waals surface area contributed by atoms with Gasteiger partial charge in [-0.3, -0.25) is 0 Å². The largest absolute Gasteiger partial charge is 0.457 e. The normalized spacial score (nSPS) is 13.9. The molecule has 0 spiro atoms. The van der Waals surface area contributed by atoms with Crippen molar-refractivity contribution >= 4 is 11.8 Å². The summed E-state index contributed by atoms with van der Waals surface area (Å²) in [6.07, 6.45) is 2.48. The Hall–Kier alpha value is -2.27. The first-order valence-electron chi connectivity index (χ1n) is 8.14. The third-order valence-electron chi connectivity index (χ3n) is 4.11. The minimum atomic E-state index is 0.616. The zero-order valence-electron chi connectivity index (χ0n) is 13.6. The Bertz CT molecular complexity index is 828. The van der Waals surface area contributed by atoms with Crippen LogP contribution in [0.1, 0.15) is 30.1 Å². The van der Waals surface area contributed by atoms with E-state index in [1.807, 2.05) is 48.5 Å². The highest BCUT2D eigenvalue weighted by Gasteiger charge is 2.29. The molecule has 0 amide bonds. The molecule has 0 bridgehead atoms. The molecule has 24 heavy (non-hydrogen) atoms. The fraction of sp³-hybridized carbons (Fsp3) is 0.263. The van der Waals surface area contributed by atoms with Gasteiger partial charge >= 0.3 is 0 Å². The minimum Gasteiger partial charge on any atom is -0.457 e. The van der Waals surface area contributed by atoms with Crippen LogP contribution in [-0.4, -0.2) is 14.8 Å². The van der Waals surface area contributed by atoms with Gasteiger partial charge in [0.1, 0.15) is 17.3 Å². The molecule has 1 aromatic heterocycles. The van der Waals surface area contributed by atoms with Crippen molar-refractivity contribution in [2.75, 3.05) is 0 Å². The molecule has 1 saturated carbocycles.